The van der Waals surface area contributed by atoms with Crippen molar-refractivity contribution in [3.63, 3.8) is 0 Å². The van der Waals surface area contributed by atoms with E-state index in [1.165, 1.54) is 23.9 Å². The molecule has 1 unspecified atom stereocenters. The third kappa shape index (κ3) is 2.53. The number of ether oxygens (including phenoxy) is 1. The molecule has 0 saturated carbocycles. The summed E-state index contributed by atoms with van der Waals surface area (Å²) in [4.78, 5) is 13.3. The van der Waals surface area contributed by atoms with Gasteiger partial charge in [0.1, 0.15) is 11.6 Å². The summed E-state index contributed by atoms with van der Waals surface area (Å²) in [6.45, 7) is 0. The second kappa shape index (κ2) is 5.46. The third-order valence-corrected chi connectivity index (χ3v) is 4.35. The molecule has 2 aromatic rings. The van der Waals surface area contributed by atoms with Gasteiger partial charge in [-0.3, -0.25) is 4.79 Å². The minimum absolute atomic E-state index is 0.0133. The molecule has 1 aliphatic rings. The van der Waals surface area contributed by atoms with E-state index in [-0.39, 0.29) is 16.4 Å². The minimum Gasteiger partial charge on any atom is -0.480 e. The summed E-state index contributed by atoms with van der Waals surface area (Å²) in [5.41, 5.74) is 0.0133. The van der Waals surface area contributed by atoms with Crippen LogP contribution in [0.25, 0.3) is 0 Å². The lowest BCUT2D eigenvalue weighted by Crippen LogP contribution is -2.32. The Bertz CT molecular complexity index is 675. The summed E-state index contributed by atoms with van der Waals surface area (Å²) in [5, 5.41) is 0.267. The lowest BCUT2D eigenvalue weighted by atomic mass is 10.1. The van der Waals surface area contributed by atoms with Crippen molar-refractivity contribution in [2.24, 2.45) is 0 Å². The van der Waals surface area contributed by atoms with Gasteiger partial charge in [0.15, 0.2) is 6.10 Å². The maximum absolute atomic E-state index is 13.8. The Labute approximate surface area is 124 Å². The molecule has 1 heterocycles. The Morgan fingerprint density at radius 3 is 2.90 bits per heavy atom. The van der Waals surface area contributed by atoms with E-state index in [0.717, 1.165) is 11.0 Å². The van der Waals surface area contributed by atoms with Gasteiger partial charge in [0, 0.05) is 15.7 Å². The molecule has 0 radical (unpaired) electrons. The first-order chi connectivity index (χ1) is 9.65. The van der Waals surface area contributed by atoms with Crippen molar-refractivity contribution in [1.29, 1.82) is 0 Å². The molecule has 0 aromatic heterocycles. The summed E-state index contributed by atoms with van der Waals surface area (Å²) in [7, 11) is 0. The number of para-hydroxylation sites is 1. The van der Waals surface area contributed by atoms with Crippen LogP contribution in [-0.4, -0.2) is 17.6 Å². The van der Waals surface area contributed by atoms with E-state index in [4.69, 9.17) is 16.3 Å². The highest BCUT2D eigenvalue weighted by Gasteiger charge is 2.29. The lowest BCUT2D eigenvalue weighted by Gasteiger charge is -2.24. The van der Waals surface area contributed by atoms with E-state index in [1.807, 2.05) is 18.2 Å². The molecule has 1 aliphatic heterocycles. The number of Topliss-reactive ketones (excluding diaryl/α,β-unsaturated/α-hetero) is 1. The van der Waals surface area contributed by atoms with Crippen molar-refractivity contribution in [3.05, 3.63) is 58.9 Å². The van der Waals surface area contributed by atoms with Crippen LogP contribution in [0.5, 0.6) is 5.75 Å². The van der Waals surface area contributed by atoms with Gasteiger partial charge in [-0.2, -0.15) is 0 Å². The van der Waals surface area contributed by atoms with Crippen LogP contribution in [0.4, 0.5) is 4.39 Å². The first-order valence-corrected chi connectivity index (χ1v) is 7.39. The van der Waals surface area contributed by atoms with Crippen LogP contribution in [0, 0.1) is 5.82 Å². The number of benzene rings is 2. The fourth-order valence-corrected chi connectivity index (χ4v) is 3.15. The molecular formula is C15H10ClFO2S. The number of fused-ring (bicyclic) bond motifs is 1. The third-order valence-electron chi connectivity index (χ3n) is 3.00. The van der Waals surface area contributed by atoms with Crippen molar-refractivity contribution in [1.82, 2.24) is 0 Å². The summed E-state index contributed by atoms with van der Waals surface area (Å²) >= 11 is 7.22. The zero-order valence-electron chi connectivity index (χ0n) is 10.3. The predicted molar refractivity (Wildman–Crippen MR) is 77.3 cm³/mol. The summed E-state index contributed by atoms with van der Waals surface area (Å²) in [5.74, 6) is 0.158. The molecule has 0 bridgehead atoms. The van der Waals surface area contributed by atoms with Crippen molar-refractivity contribution < 1.29 is 13.9 Å². The Kier molecular flexibility index (Phi) is 3.68. The summed E-state index contributed by atoms with van der Waals surface area (Å²) in [6, 6.07) is 11.5. The fourth-order valence-electron chi connectivity index (χ4n) is 2.01. The molecule has 20 heavy (non-hydrogen) atoms. The molecule has 0 saturated heterocycles. The monoisotopic (exact) mass is 308 g/mol. The molecule has 0 N–H and O–H groups in total. The molecule has 3 rings (SSSR count). The molecule has 102 valence electrons. The topological polar surface area (TPSA) is 26.3 Å². The van der Waals surface area contributed by atoms with Crippen LogP contribution in [0.15, 0.2) is 47.4 Å². The minimum atomic E-state index is -0.675. The average Bonchev–Trinajstić information content (AvgIpc) is 2.46. The SMILES string of the molecule is O=C(c1ccc(Cl)cc1F)C1CSc2ccccc2O1. The van der Waals surface area contributed by atoms with Crippen molar-refractivity contribution >= 4 is 29.1 Å². The second-order valence-electron chi connectivity index (χ2n) is 4.35. The number of halogens is 2. The van der Waals surface area contributed by atoms with Gasteiger partial charge < -0.3 is 4.74 Å². The van der Waals surface area contributed by atoms with Crippen LogP contribution in [0.2, 0.25) is 5.02 Å². The molecule has 0 fully saturated rings. The van der Waals surface area contributed by atoms with Crippen LogP contribution < -0.4 is 4.74 Å². The summed E-state index contributed by atoms with van der Waals surface area (Å²) < 4.78 is 19.4. The molecule has 1 atom stereocenters. The molecule has 5 heteroatoms. The summed E-state index contributed by atoms with van der Waals surface area (Å²) in [6.07, 6.45) is -0.675. The van der Waals surface area contributed by atoms with E-state index >= 15 is 0 Å². The van der Waals surface area contributed by atoms with Gasteiger partial charge in [0.05, 0.1) is 5.56 Å². The molecule has 0 amide bonds. The smallest absolute Gasteiger partial charge is 0.207 e. The largest absolute Gasteiger partial charge is 0.480 e. The van der Waals surface area contributed by atoms with Crippen molar-refractivity contribution in [2.75, 3.05) is 5.75 Å². The normalized spacial score (nSPS) is 17.2. The number of hydrogen-bond donors (Lipinski definition) is 0. The molecule has 2 nitrogen and oxygen atoms in total. The highest BCUT2D eigenvalue weighted by molar-refractivity contribution is 7.99. The zero-order valence-corrected chi connectivity index (χ0v) is 11.9. The van der Waals surface area contributed by atoms with E-state index in [9.17, 15) is 9.18 Å². The maximum atomic E-state index is 13.8. The van der Waals surface area contributed by atoms with Gasteiger partial charge in [0.2, 0.25) is 5.78 Å². The zero-order chi connectivity index (χ0) is 14.1. The molecule has 0 aliphatic carbocycles. The van der Waals surface area contributed by atoms with E-state index < -0.39 is 11.9 Å². The van der Waals surface area contributed by atoms with Gasteiger partial charge in [-0.05, 0) is 30.3 Å². The quantitative estimate of drug-likeness (QED) is 0.777. The molecular weight excluding hydrogens is 299 g/mol. The number of rotatable bonds is 2. The first-order valence-electron chi connectivity index (χ1n) is 6.03. The van der Waals surface area contributed by atoms with Crippen LogP contribution >= 0.6 is 23.4 Å². The van der Waals surface area contributed by atoms with Gasteiger partial charge in [-0.1, -0.05) is 23.7 Å². The lowest BCUT2D eigenvalue weighted by molar-refractivity contribution is 0.0811. The fraction of sp³-hybridized carbons (Fsp3) is 0.133. The second-order valence-corrected chi connectivity index (χ2v) is 5.85. The standard InChI is InChI=1S/C15H10ClFO2S/c16-9-5-6-10(11(17)7-9)15(18)13-8-20-14-4-2-1-3-12(14)19-13/h1-7,13H,8H2. The van der Waals surface area contributed by atoms with Gasteiger partial charge in [-0.15, -0.1) is 11.8 Å². The Balaban J connectivity index is 1.86. The number of carbonyl (C=O) groups excluding carboxylic acids is 1. The predicted octanol–water partition coefficient (Wildman–Crippen LogP) is 4.22. The number of ketones is 1. The van der Waals surface area contributed by atoms with Gasteiger partial charge in [0.25, 0.3) is 0 Å². The molecule has 0 spiro atoms. The van der Waals surface area contributed by atoms with Crippen LogP contribution in [-0.2, 0) is 0 Å². The highest BCUT2D eigenvalue weighted by atomic mass is 35.5. The van der Waals surface area contributed by atoms with Crippen molar-refractivity contribution in [2.45, 2.75) is 11.0 Å². The Morgan fingerprint density at radius 1 is 1.30 bits per heavy atom. The van der Waals surface area contributed by atoms with E-state index in [0.29, 0.717) is 11.5 Å². The number of hydrogen-bond acceptors (Lipinski definition) is 3. The van der Waals surface area contributed by atoms with Gasteiger partial charge in [-0.25, -0.2) is 4.39 Å². The van der Waals surface area contributed by atoms with Crippen LogP contribution in [0.1, 0.15) is 10.4 Å². The molecule has 2 aromatic carbocycles. The first kappa shape index (κ1) is 13.5. The van der Waals surface area contributed by atoms with E-state index in [2.05, 4.69) is 0 Å². The van der Waals surface area contributed by atoms with Crippen molar-refractivity contribution in [3.8, 4) is 5.75 Å². The van der Waals surface area contributed by atoms with Crippen LogP contribution in [0.3, 0.4) is 0 Å². The highest BCUT2D eigenvalue weighted by Crippen LogP contribution is 2.35. The number of carbonyl (C=O) groups is 1. The van der Waals surface area contributed by atoms with Gasteiger partial charge >= 0.3 is 0 Å². The Hall–Kier alpha value is -1.52. The average molecular weight is 309 g/mol. The maximum Gasteiger partial charge on any atom is 0.207 e. The Morgan fingerprint density at radius 2 is 2.10 bits per heavy atom. The van der Waals surface area contributed by atoms with E-state index in [1.54, 1.807) is 6.07 Å². The number of thioether (sulfide) groups is 1.